The maximum atomic E-state index is 11.5. The molecule has 0 N–H and O–H groups in total. The molecule has 0 aliphatic heterocycles. The van der Waals surface area contributed by atoms with Crippen LogP contribution in [0.5, 0.6) is 0 Å². The first-order valence-electron chi connectivity index (χ1n) is 5.63. The number of esters is 1. The minimum atomic E-state index is -0.537. The van der Waals surface area contributed by atoms with E-state index in [0.717, 1.165) is 0 Å². The number of non-ortho nitro benzene ring substituents is 1. The Kier molecular flexibility index (Phi) is 6.48. The maximum absolute atomic E-state index is 11.5. The van der Waals surface area contributed by atoms with Crippen molar-refractivity contribution in [3.63, 3.8) is 0 Å². The quantitative estimate of drug-likeness (QED) is 0.307. The van der Waals surface area contributed by atoms with Gasteiger partial charge in [-0.05, 0) is 12.1 Å². The molecule has 0 aliphatic carbocycles. The number of nitrogens with zero attached hydrogens (tertiary/aromatic N) is 1. The lowest BCUT2D eigenvalue weighted by Gasteiger charge is -2.05. The van der Waals surface area contributed by atoms with Crippen LogP contribution in [-0.4, -0.2) is 44.4 Å². The first-order valence-corrected chi connectivity index (χ1v) is 5.63. The average Bonchev–Trinajstić information content (AvgIpc) is 2.42. The molecule has 0 bridgehead atoms. The van der Waals surface area contributed by atoms with E-state index in [1.807, 2.05) is 0 Å². The van der Waals surface area contributed by atoms with Crippen LogP contribution in [0, 0.1) is 10.1 Å². The zero-order valence-corrected chi connectivity index (χ0v) is 10.5. The molecule has 1 rings (SSSR count). The van der Waals surface area contributed by atoms with Crippen molar-refractivity contribution in [2.24, 2.45) is 0 Å². The standard InChI is InChI=1S/C12H15NO6/c1-17-6-7-18-8-9-19-12(14)10-2-4-11(5-3-10)13(15)16/h2-5H,6-9H2,1H3. The molecule has 0 atom stereocenters. The number of benzene rings is 1. The van der Waals surface area contributed by atoms with Gasteiger partial charge in [-0.15, -0.1) is 0 Å². The van der Waals surface area contributed by atoms with E-state index in [-0.39, 0.29) is 24.5 Å². The number of nitro groups is 1. The summed E-state index contributed by atoms with van der Waals surface area (Å²) >= 11 is 0. The minimum absolute atomic E-state index is 0.0700. The number of ether oxygens (including phenoxy) is 3. The third-order valence-corrected chi connectivity index (χ3v) is 2.21. The third-order valence-electron chi connectivity index (χ3n) is 2.21. The summed E-state index contributed by atoms with van der Waals surface area (Å²) < 4.78 is 14.8. The number of nitro benzene ring substituents is 1. The summed E-state index contributed by atoms with van der Waals surface area (Å²) in [7, 11) is 1.57. The average molecular weight is 269 g/mol. The molecule has 7 heteroatoms. The Morgan fingerprint density at radius 3 is 2.37 bits per heavy atom. The molecule has 0 saturated heterocycles. The molecular weight excluding hydrogens is 254 g/mol. The Morgan fingerprint density at radius 1 is 1.16 bits per heavy atom. The van der Waals surface area contributed by atoms with Gasteiger partial charge in [-0.25, -0.2) is 4.79 Å². The van der Waals surface area contributed by atoms with E-state index >= 15 is 0 Å². The van der Waals surface area contributed by atoms with Crippen molar-refractivity contribution in [2.45, 2.75) is 0 Å². The number of hydrogen-bond acceptors (Lipinski definition) is 6. The molecule has 0 amide bonds. The zero-order valence-electron chi connectivity index (χ0n) is 10.5. The summed E-state index contributed by atoms with van der Waals surface area (Å²) in [5.74, 6) is -0.537. The SMILES string of the molecule is COCCOCCOC(=O)c1ccc([N+](=O)[O-])cc1. The van der Waals surface area contributed by atoms with Crippen LogP contribution in [0.15, 0.2) is 24.3 Å². The van der Waals surface area contributed by atoms with Gasteiger partial charge in [0.1, 0.15) is 6.61 Å². The predicted molar refractivity (Wildman–Crippen MR) is 66.1 cm³/mol. The zero-order chi connectivity index (χ0) is 14.1. The minimum Gasteiger partial charge on any atom is -0.460 e. The monoisotopic (exact) mass is 269 g/mol. The molecule has 0 saturated carbocycles. The van der Waals surface area contributed by atoms with Gasteiger partial charge in [0.25, 0.3) is 5.69 Å². The number of carbonyl (C=O) groups is 1. The second-order valence-electron chi connectivity index (χ2n) is 3.55. The van der Waals surface area contributed by atoms with Crippen LogP contribution in [0.2, 0.25) is 0 Å². The number of carbonyl (C=O) groups excluding carboxylic acids is 1. The summed E-state index contributed by atoms with van der Waals surface area (Å²) in [5.41, 5.74) is 0.196. The Labute approximate surface area is 110 Å². The van der Waals surface area contributed by atoms with Crippen molar-refractivity contribution in [2.75, 3.05) is 33.5 Å². The summed E-state index contributed by atoms with van der Waals surface area (Å²) in [4.78, 5) is 21.5. The Balaban J connectivity index is 2.31. The summed E-state index contributed by atoms with van der Waals surface area (Å²) in [6, 6.07) is 5.22. The Morgan fingerprint density at radius 2 is 1.79 bits per heavy atom. The van der Waals surface area contributed by atoms with Crippen LogP contribution in [0.3, 0.4) is 0 Å². The van der Waals surface area contributed by atoms with Gasteiger partial charge >= 0.3 is 5.97 Å². The van der Waals surface area contributed by atoms with Gasteiger partial charge in [0.15, 0.2) is 0 Å². The van der Waals surface area contributed by atoms with Gasteiger partial charge in [-0.2, -0.15) is 0 Å². The van der Waals surface area contributed by atoms with Gasteiger partial charge in [0.2, 0.25) is 0 Å². The number of rotatable bonds is 8. The van der Waals surface area contributed by atoms with Gasteiger partial charge in [-0.1, -0.05) is 0 Å². The van der Waals surface area contributed by atoms with Crippen molar-refractivity contribution in [3.05, 3.63) is 39.9 Å². The topological polar surface area (TPSA) is 87.9 Å². The molecule has 0 heterocycles. The van der Waals surface area contributed by atoms with Crippen LogP contribution in [0.1, 0.15) is 10.4 Å². The van der Waals surface area contributed by atoms with Crippen LogP contribution in [0.25, 0.3) is 0 Å². The fourth-order valence-corrected chi connectivity index (χ4v) is 1.24. The lowest BCUT2D eigenvalue weighted by Crippen LogP contribution is -2.12. The molecule has 0 unspecified atom stereocenters. The molecule has 0 spiro atoms. The van der Waals surface area contributed by atoms with Crippen molar-refractivity contribution < 1.29 is 23.9 Å². The predicted octanol–water partition coefficient (Wildman–Crippen LogP) is 1.41. The fourth-order valence-electron chi connectivity index (χ4n) is 1.24. The largest absolute Gasteiger partial charge is 0.460 e. The molecule has 19 heavy (non-hydrogen) atoms. The molecule has 0 radical (unpaired) electrons. The maximum Gasteiger partial charge on any atom is 0.338 e. The molecule has 104 valence electrons. The highest BCUT2D eigenvalue weighted by Gasteiger charge is 2.10. The summed E-state index contributed by atoms with van der Waals surface area (Å²) in [5, 5.41) is 10.4. The third kappa shape index (κ3) is 5.45. The normalized spacial score (nSPS) is 10.2. The molecule has 7 nitrogen and oxygen atoms in total. The van der Waals surface area contributed by atoms with Crippen LogP contribution in [0.4, 0.5) is 5.69 Å². The van der Waals surface area contributed by atoms with Crippen molar-refractivity contribution in [1.29, 1.82) is 0 Å². The second-order valence-corrected chi connectivity index (χ2v) is 3.55. The first kappa shape index (κ1) is 15.1. The highest BCUT2D eigenvalue weighted by Crippen LogP contribution is 2.12. The summed E-state index contributed by atoms with van der Waals surface area (Å²) in [6.07, 6.45) is 0. The van der Waals surface area contributed by atoms with Gasteiger partial charge in [0.05, 0.1) is 30.3 Å². The van der Waals surface area contributed by atoms with Crippen LogP contribution < -0.4 is 0 Å². The van der Waals surface area contributed by atoms with E-state index in [1.165, 1.54) is 24.3 Å². The highest BCUT2D eigenvalue weighted by atomic mass is 16.6. The molecule has 0 aromatic heterocycles. The van der Waals surface area contributed by atoms with Crippen LogP contribution >= 0.6 is 0 Å². The summed E-state index contributed by atoms with van der Waals surface area (Å²) in [6.45, 7) is 1.32. The van der Waals surface area contributed by atoms with E-state index in [0.29, 0.717) is 13.2 Å². The number of methoxy groups -OCH3 is 1. The van der Waals surface area contributed by atoms with Crippen LogP contribution in [-0.2, 0) is 14.2 Å². The van der Waals surface area contributed by atoms with E-state index < -0.39 is 10.9 Å². The first-order chi connectivity index (χ1) is 9.15. The molecule has 1 aromatic carbocycles. The Hall–Kier alpha value is -1.99. The Bertz CT molecular complexity index is 417. The lowest BCUT2D eigenvalue weighted by atomic mass is 10.2. The highest BCUT2D eigenvalue weighted by molar-refractivity contribution is 5.89. The fraction of sp³-hybridized carbons (Fsp3) is 0.417. The molecular formula is C12H15NO6. The number of hydrogen-bond donors (Lipinski definition) is 0. The molecule has 0 fully saturated rings. The van der Waals surface area contributed by atoms with Crippen molar-refractivity contribution in [1.82, 2.24) is 0 Å². The van der Waals surface area contributed by atoms with Gasteiger partial charge in [-0.3, -0.25) is 10.1 Å². The van der Waals surface area contributed by atoms with E-state index in [1.54, 1.807) is 7.11 Å². The second kappa shape index (κ2) is 8.17. The van der Waals surface area contributed by atoms with Crippen molar-refractivity contribution in [3.8, 4) is 0 Å². The van der Waals surface area contributed by atoms with E-state index in [9.17, 15) is 14.9 Å². The van der Waals surface area contributed by atoms with Gasteiger partial charge < -0.3 is 14.2 Å². The smallest absolute Gasteiger partial charge is 0.338 e. The van der Waals surface area contributed by atoms with Crippen molar-refractivity contribution >= 4 is 11.7 Å². The van der Waals surface area contributed by atoms with E-state index in [4.69, 9.17) is 14.2 Å². The molecule has 0 aliphatic rings. The lowest BCUT2D eigenvalue weighted by molar-refractivity contribution is -0.384. The van der Waals surface area contributed by atoms with E-state index in [2.05, 4.69) is 0 Å². The molecule has 1 aromatic rings. The van der Waals surface area contributed by atoms with Gasteiger partial charge in [0, 0.05) is 19.2 Å².